The van der Waals surface area contributed by atoms with Crippen molar-refractivity contribution < 1.29 is 4.79 Å². The Morgan fingerprint density at radius 1 is 1.23 bits per heavy atom. The number of carbonyl (C=O) groups is 1. The van der Waals surface area contributed by atoms with Gasteiger partial charge in [0.1, 0.15) is 0 Å². The zero-order chi connectivity index (χ0) is 18.5. The fourth-order valence-corrected chi connectivity index (χ4v) is 4.24. The summed E-state index contributed by atoms with van der Waals surface area (Å²) in [5, 5.41) is 5.63. The van der Waals surface area contributed by atoms with Gasteiger partial charge >= 0.3 is 0 Å². The Morgan fingerprint density at radius 3 is 2.77 bits per heavy atom. The average molecular weight is 386 g/mol. The summed E-state index contributed by atoms with van der Waals surface area (Å²) in [6.07, 6.45) is 3.75. The van der Waals surface area contributed by atoms with Crippen molar-refractivity contribution in [3.63, 3.8) is 0 Å². The molecule has 2 heterocycles. The number of nitrogens with zero attached hydrogens (tertiary/aromatic N) is 2. The maximum absolute atomic E-state index is 12.4. The number of rotatable bonds is 7. The standard InChI is InChI=1S/C20H23N3OS2/c1-14(2)17-8-4-5-9-18(17)23-11-10-21-20(23)26-15(3)19(24)22-13-16-7-6-12-25-16/h4-12,14-15H,13H2,1-3H3,(H,22,24). The molecule has 26 heavy (non-hydrogen) atoms. The molecule has 0 radical (unpaired) electrons. The minimum Gasteiger partial charge on any atom is -0.350 e. The monoisotopic (exact) mass is 385 g/mol. The zero-order valence-electron chi connectivity index (χ0n) is 15.2. The lowest BCUT2D eigenvalue weighted by molar-refractivity contribution is -0.120. The van der Waals surface area contributed by atoms with Gasteiger partial charge in [0.15, 0.2) is 5.16 Å². The number of para-hydroxylation sites is 1. The van der Waals surface area contributed by atoms with Crippen LogP contribution in [0.2, 0.25) is 0 Å². The van der Waals surface area contributed by atoms with Gasteiger partial charge < -0.3 is 5.32 Å². The maximum atomic E-state index is 12.4. The van der Waals surface area contributed by atoms with Crippen LogP contribution in [0, 0.1) is 0 Å². The second kappa shape index (κ2) is 8.56. The van der Waals surface area contributed by atoms with E-state index in [-0.39, 0.29) is 11.2 Å². The summed E-state index contributed by atoms with van der Waals surface area (Å²) in [7, 11) is 0. The molecule has 1 aromatic carbocycles. The molecule has 0 saturated heterocycles. The molecule has 3 aromatic rings. The number of hydrogen-bond donors (Lipinski definition) is 1. The molecule has 0 aliphatic heterocycles. The van der Waals surface area contributed by atoms with E-state index in [0.29, 0.717) is 12.5 Å². The highest BCUT2D eigenvalue weighted by molar-refractivity contribution is 8.00. The molecule has 1 N–H and O–H groups in total. The van der Waals surface area contributed by atoms with Gasteiger partial charge in [0.2, 0.25) is 5.91 Å². The van der Waals surface area contributed by atoms with Crippen LogP contribution in [0.4, 0.5) is 0 Å². The zero-order valence-corrected chi connectivity index (χ0v) is 16.8. The molecule has 0 saturated carbocycles. The summed E-state index contributed by atoms with van der Waals surface area (Å²) in [6.45, 7) is 6.86. The highest BCUT2D eigenvalue weighted by atomic mass is 32.2. The van der Waals surface area contributed by atoms with Crippen molar-refractivity contribution in [3.8, 4) is 5.69 Å². The number of nitrogens with one attached hydrogen (secondary N) is 1. The summed E-state index contributed by atoms with van der Waals surface area (Å²) >= 11 is 3.13. The Kier molecular flexibility index (Phi) is 6.16. The third kappa shape index (κ3) is 4.37. The molecule has 1 unspecified atom stereocenters. The summed E-state index contributed by atoms with van der Waals surface area (Å²) in [4.78, 5) is 18.1. The Labute approximate surface area is 162 Å². The molecule has 1 atom stereocenters. The van der Waals surface area contributed by atoms with Crippen LogP contribution in [-0.4, -0.2) is 20.7 Å². The highest BCUT2D eigenvalue weighted by Crippen LogP contribution is 2.29. The number of thioether (sulfide) groups is 1. The third-order valence-corrected chi connectivity index (χ3v) is 6.05. The van der Waals surface area contributed by atoms with E-state index < -0.39 is 0 Å². The number of amides is 1. The van der Waals surface area contributed by atoms with Gasteiger partial charge in [-0.25, -0.2) is 4.98 Å². The Morgan fingerprint density at radius 2 is 2.04 bits per heavy atom. The minimum atomic E-state index is -0.220. The summed E-state index contributed by atoms with van der Waals surface area (Å²) in [5.41, 5.74) is 2.39. The molecule has 0 bridgehead atoms. The first-order chi connectivity index (χ1) is 12.6. The van der Waals surface area contributed by atoms with Crippen LogP contribution in [0.25, 0.3) is 5.69 Å². The van der Waals surface area contributed by atoms with Gasteiger partial charge in [-0.1, -0.05) is 49.9 Å². The summed E-state index contributed by atoms with van der Waals surface area (Å²) < 4.78 is 2.07. The van der Waals surface area contributed by atoms with Gasteiger partial charge in [-0.15, -0.1) is 11.3 Å². The van der Waals surface area contributed by atoms with Crippen molar-refractivity contribution in [1.29, 1.82) is 0 Å². The number of benzene rings is 1. The van der Waals surface area contributed by atoms with Gasteiger partial charge in [0.25, 0.3) is 0 Å². The predicted molar refractivity (Wildman–Crippen MR) is 109 cm³/mol. The first kappa shape index (κ1) is 18.7. The Bertz CT molecular complexity index is 856. The van der Waals surface area contributed by atoms with Crippen LogP contribution in [0.15, 0.2) is 59.3 Å². The molecule has 136 valence electrons. The van der Waals surface area contributed by atoms with Crippen molar-refractivity contribution in [2.75, 3.05) is 0 Å². The highest BCUT2D eigenvalue weighted by Gasteiger charge is 2.19. The van der Waals surface area contributed by atoms with Gasteiger partial charge in [0, 0.05) is 17.3 Å². The van der Waals surface area contributed by atoms with Crippen molar-refractivity contribution in [2.45, 2.75) is 43.6 Å². The van der Waals surface area contributed by atoms with E-state index in [1.54, 1.807) is 17.5 Å². The molecule has 0 aliphatic rings. The molecular weight excluding hydrogens is 362 g/mol. The largest absolute Gasteiger partial charge is 0.350 e. The molecule has 2 aromatic heterocycles. The van der Waals surface area contributed by atoms with Crippen molar-refractivity contribution in [2.24, 2.45) is 0 Å². The molecule has 0 aliphatic carbocycles. The van der Waals surface area contributed by atoms with E-state index in [2.05, 4.69) is 46.9 Å². The Balaban J connectivity index is 1.72. The van der Waals surface area contributed by atoms with E-state index in [1.807, 2.05) is 36.7 Å². The number of thiophene rings is 1. The van der Waals surface area contributed by atoms with E-state index in [4.69, 9.17) is 0 Å². The summed E-state index contributed by atoms with van der Waals surface area (Å²) in [5.74, 6) is 0.438. The number of carbonyl (C=O) groups excluding carboxylic acids is 1. The van der Waals surface area contributed by atoms with Crippen molar-refractivity contribution in [1.82, 2.24) is 14.9 Å². The molecule has 3 rings (SSSR count). The fraction of sp³-hybridized carbons (Fsp3) is 0.300. The van der Waals surface area contributed by atoms with Crippen LogP contribution in [-0.2, 0) is 11.3 Å². The quantitative estimate of drug-likeness (QED) is 0.591. The third-order valence-electron chi connectivity index (χ3n) is 4.09. The molecule has 0 spiro atoms. The van der Waals surface area contributed by atoms with Gasteiger partial charge in [0.05, 0.1) is 17.5 Å². The number of hydrogen-bond acceptors (Lipinski definition) is 4. The lowest BCUT2D eigenvalue weighted by atomic mass is 10.0. The molecule has 6 heteroatoms. The lowest BCUT2D eigenvalue weighted by Crippen LogP contribution is -2.30. The Hall–Kier alpha value is -2.05. The van der Waals surface area contributed by atoms with Crippen LogP contribution in [0.1, 0.15) is 37.1 Å². The fourth-order valence-electron chi connectivity index (χ4n) is 2.70. The maximum Gasteiger partial charge on any atom is 0.233 e. The lowest BCUT2D eigenvalue weighted by Gasteiger charge is -2.16. The second-order valence-corrected chi connectivity index (χ2v) is 8.69. The van der Waals surface area contributed by atoms with Gasteiger partial charge in [-0.3, -0.25) is 9.36 Å². The first-order valence-corrected chi connectivity index (χ1v) is 10.4. The minimum absolute atomic E-state index is 0.0232. The van der Waals surface area contributed by atoms with Crippen LogP contribution >= 0.6 is 23.1 Å². The molecule has 4 nitrogen and oxygen atoms in total. The van der Waals surface area contributed by atoms with Gasteiger partial charge in [-0.05, 0) is 35.9 Å². The van der Waals surface area contributed by atoms with E-state index in [0.717, 1.165) is 15.7 Å². The van der Waals surface area contributed by atoms with E-state index >= 15 is 0 Å². The number of imidazole rings is 1. The SMILES string of the molecule is CC(Sc1nccn1-c1ccccc1C(C)C)C(=O)NCc1cccs1. The van der Waals surface area contributed by atoms with Crippen molar-refractivity contribution in [3.05, 3.63) is 64.6 Å². The van der Waals surface area contributed by atoms with E-state index in [1.165, 1.54) is 17.3 Å². The molecular formula is C20H23N3OS2. The smallest absolute Gasteiger partial charge is 0.233 e. The van der Waals surface area contributed by atoms with E-state index in [9.17, 15) is 4.79 Å². The topological polar surface area (TPSA) is 46.9 Å². The van der Waals surface area contributed by atoms with Crippen molar-refractivity contribution >= 4 is 29.0 Å². The second-order valence-electron chi connectivity index (χ2n) is 6.35. The number of aromatic nitrogens is 2. The summed E-state index contributed by atoms with van der Waals surface area (Å²) in [6, 6.07) is 12.4. The van der Waals surface area contributed by atoms with Gasteiger partial charge in [-0.2, -0.15) is 0 Å². The van der Waals surface area contributed by atoms with Crippen LogP contribution < -0.4 is 5.32 Å². The normalized spacial score (nSPS) is 12.3. The van der Waals surface area contributed by atoms with Crippen LogP contribution in [0.3, 0.4) is 0 Å². The molecule has 1 amide bonds. The first-order valence-electron chi connectivity index (χ1n) is 8.65. The average Bonchev–Trinajstić information content (AvgIpc) is 3.31. The molecule has 0 fully saturated rings. The predicted octanol–water partition coefficient (Wildman–Crippen LogP) is 4.85. The van der Waals surface area contributed by atoms with Crippen LogP contribution in [0.5, 0.6) is 0 Å².